The van der Waals surface area contributed by atoms with Crippen molar-refractivity contribution >= 4 is 37.8 Å². The van der Waals surface area contributed by atoms with Crippen LogP contribution in [0.1, 0.15) is 18.9 Å². The molecule has 0 saturated heterocycles. The van der Waals surface area contributed by atoms with Crippen molar-refractivity contribution < 1.29 is 9.18 Å². The second kappa shape index (κ2) is 7.24. The molecule has 5 heteroatoms. The van der Waals surface area contributed by atoms with Crippen LogP contribution in [0.2, 0.25) is 0 Å². The zero-order valence-corrected chi connectivity index (χ0v) is 13.4. The molecule has 100 valence electrons. The van der Waals surface area contributed by atoms with Gasteiger partial charge in [-0.25, -0.2) is 4.39 Å². The fraction of sp³-hybridized carbons (Fsp3) is 0.462. The minimum absolute atomic E-state index is 0.0534. The van der Waals surface area contributed by atoms with E-state index in [0.717, 1.165) is 12.0 Å². The summed E-state index contributed by atoms with van der Waals surface area (Å²) in [4.78, 5) is 11.9. The Morgan fingerprint density at radius 1 is 1.28 bits per heavy atom. The summed E-state index contributed by atoms with van der Waals surface area (Å²) in [5.41, 5.74) is 0.542. The summed E-state index contributed by atoms with van der Waals surface area (Å²) in [5, 5.41) is 4.40. The van der Waals surface area contributed by atoms with Crippen LogP contribution < -0.4 is 5.32 Å². The molecule has 0 bridgehead atoms. The summed E-state index contributed by atoms with van der Waals surface area (Å²) in [6, 6.07) is 5.99. The lowest BCUT2D eigenvalue weighted by Gasteiger charge is -2.30. The Kier molecular flexibility index (Phi) is 6.29. The zero-order valence-electron chi connectivity index (χ0n) is 10.2. The van der Waals surface area contributed by atoms with E-state index in [0.29, 0.717) is 10.7 Å². The van der Waals surface area contributed by atoms with Crippen LogP contribution >= 0.6 is 31.9 Å². The molecule has 1 rings (SSSR count). The topological polar surface area (TPSA) is 29.1 Å². The molecule has 1 aromatic rings. The van der Waals surface area contributed by atoms with Gasteiger partial charge in [-0.2, -0.15) is 0 Å². The van der Waals surface area contributed by atoms with Gasteiger partial charge in [0.15, 0.2) is 0 Å². The quantitative estimate of drug-likeness (QED) is 0.752. The van der Waals surface area contributed by atoms with E-state index in [9.17, 15) is 9.18 Å². The van der Waals surface area contributed by atoms with Gasteiger partial charge < -0.3 is 5.32 Å². The maximum atomic E-state index is 12.7. The maximum Gasteiger partial charge on any atom is 0.224 e. The Hall–Kier alpha value is -0.420. The number of hydrogen-bond acceptors (Lipinski definition) is 1. The Bertz CT molecular complexity index is 382. The highest BCUT2D eigenvalue weighted by atomic mass is 79.9. The van der Waals surface area contributed by atoms with E-state index in [1.807, 2.05) is 6.92 Å². The highest BCUT2D eigenvalue weighted by molar-refractivity contribution is 9.09. The van der Waals surface area contributed by atoms with Crippen molar-refractivity contribution in [3.8, 4) is 0 Å². The SMILES string of the molecule is CCC(CBr)(CBr)NC(=O)Cc1ccc(F)cc1. The third-order valence-electron chi connectivity index (χ3n) is 2.87. The number of halogens is 3. The number of carbonyl (C=O) groups is 1. The van der Waals surface area contributed by atoms with Gasteiger partial charge in [0.05, 0.1) is 12.0 Å². The van der Waals surface area contributed by atoms with E-state index in [1.54, 1.807) is 12.1 Å². The van der Waals surface area contributed by atoms with Crippen molar-refractivity contribution in [2.45, 2.75) is 25.3 Å². The molecule has 0 saturated carbocycles. The van der Waals surface area contributed by atoms with Gasteiger partial charge in [-0.05, 0) is 24.1 Å². The van der Waals surface area contributed by atoms with E-state index in [-0.39, 0.29) is 23.7 Å². The summed E-state index contributed by atoms with van der Waals surface area (Å²) in [6.07, 6.45) is 1.10. The summed E-state index contributed by atoms with van der Waals surface area (Å²) < 4.78 is 12.7. The molecule has 0 aromatic heterocycles. The lowest BCUT2D eigenvalue weighted by molar-refractivity contribution is -0.121. The second-order valence-electron chi connectivity index (χ2n) is 4.25. The number of carbonyl (C=O) groups excluding carboxylic acids is 1. The Morgan fingerprint density at radius 3 is 2.28 bits per heavy atom. The number of benzene rings is 1. The number of rotatable bonds is 6. The third-order valence-corrected chi connectivity index (χ3v) is 5.02. The maximum absolute atomic E-state index is 12.7. The summed E-state index contributed by atoms with van der Waals surface area (Å²) in [6.45, 7) is 2.03. The molecule has 0 radical (unpaired) electrons. The van der Waals surface area contributed by atoms with Crippen molar-refractivity contribution in [2.24, 2.45) is 0 Å². The van der Waals surface area contributed by atoms with Crippen LogP contribution in [0.25, 0.3) is 0 Å². The van der Waals surface area contributed by atoms with Gasteiger partial charge in [-0.3, -0.25) is 4.79 Å². The molecule has 18 heavy (non-hydrogen) atoms. The van der Waals surface area contributed by atoms with Crippen LogP contribution in [-0.4, -0.2) is 22.1 Å². The fourth-order valence-corrected chi connectivity index (χ4v) is 3.51. The van der Waals surface area contributed by atoms with Gasteiger partial charge >= 0.3 is 0 Å². The Morgan fingerprint density at radius 2 is 1.83 bits per heavy atom. The largest absolute Gasteiger partial charge is 0.349 e. The molecule has 0 aliphatic heterocycles. The second-order valence-corrected chi connectivity index (χ2v) is 5.37. The van der Waals surface area contributed by atoms with Crippen molar-refractivity contribution in [2.75, 3.05) is 10.7 Å². The molecule has 0 aliphatic carbocycles. The monoisotopic (exact) mass is 379 g/mol. The van der Waals surface area contributed by atoms with Crippen LogP contribution in [0.15, 0.2) is 24.3 Å². The highest BCUT2D eigenvalue weighted by Crippen LogP contribution is 2.17. The molecule has 2 nitrogen and oxygen atoms in total. The number of nitrogens with one attached hydrogen (secondary N) is 1. The molecule has 0 unspecified atom stereocenters. The summed E-state index contributed by atoms with van der Waals surface area (Å²) >= 11 is 6.85. The van der Waals surface area contributed by atoms with Crippen LogP contribution in [0.4, 0.5) is 4.39 Å². The van der Waals surface area contributed by atoms with Crippen molar-refractivity contribution in [1.29, 1.82) is 0 Å². The third kappa shape index (κ3) is 4.35. The first-order valence-corrected chi connectivity index (χ1v) is 7.97. The summed E-state index contributed by atoms with van der Waals surface area (Å²) in [5.74, 6) is -0.342. The molecule has 1 aromatic carbocycles. The van der Waals surface area contributed by atoms with Gasteiger partial charge in [-0.15, -0.1) is 0 Å². The predicted octanol–water partition coefficient (Wildman–Crippen LogP) is 3.42. The Balaban J connectivity index is 2.63. The van der Waals surface area contributed by atoms with Crippen molar-refractivity contribution in [1.82, 2.24) is 5.32 Å². The minimum atomic E-state index is -0.289. The molecule has 0 fully saturated rings. The molecular weight excluding hydrogens is 365 g/mol. The first-order chi connectivity index (χ1) is 8.55. The molecule has 0 atom stereocenters. The standard InChI is InChI=1S/C13H16Br2FNO/c1-2-13(8-14,9-15)17-12(18)7-10-3-5-11(16)6-4-10/h3-6H,2,7-9H2,1H3,(H,17,18). The molecule has 0 heterocycles. The molecular formula is C13H16Br2FNO. The van der Waals surface area contributed by atoms with Crippen LogP contribution in [0.5, 0.6) is 0 Å². The molecule has 1 amide bonds. The van der Waals surface area contributed by atoms with E-state index >= 15 is 0 Å². The first kappa shape index (κ1) is 15.6. The van der Waals surface area contributed by atoms with Crippen molar-refractivity contribution in [3.05, 3.63) is 35.6 Å². The first-order valence-electron chi connectivity index (χ1n) is 5.72. The lowest BCUT2D eigenvalue weighted by atomic mass is 10.0. The molecule has 0 spiro atoms. The van der Waals surface area contributed by atoms with Gasteiger partial charge in [0, 0.05) is 10.7 Å². The molecule has 1 N–H and O–H groups in total. The van der Waals surface area contributed by atoms with Crippen LogP contribution in [0, 0.1) is 5.82 Å². The number of amides is 1. The van der Waals surface area contributed by atoms with Gasteiger partial charge in [0.1, 0.15) is 5.82 Å². The van der Waals surface area contributed by atoms with Gasteiger partial charge in [0.25, 0.3) is 0 Å². The van der Waals surface area contributed by atoms with Gasteiger partial charge in [0.2, 0.25) is 5.91 Å². The Labute approximate surface area is 124 Å². The average Bonchev–Trinajstić information content (AvgIpc) is 2.39. The smallest absolute Gasteiger partial charge is 0.224 e. The number of alkyl halides is 2. The lowest BCUT2D eigenvalue weighted by Crippen LogP contribution is -2.51. The average molecular weight is 381 g/mol. The van der Waals surface area contributed by atoms with Gasteiger partial charge in [-0.1, -0.05) is 50.9 Å². The predicted molar refractivity (Wildman–Crippen MR) is 78.9 cm³/mol. The number of hydrogen-bond donors (Lipinski definition) is 1. The highest BCUT2D eigenvalue weighted by Gasteiger charge is 2.27. The van der Waals surface area contributed by atoms with E-state index < -0.39 is 0 Å². The fourth-order valence-electron chi connectivity index (χ4n) is 1.51. The van der Waals surface area contributed by atoms with E-state index in [4.69, 9.17) is 0 Å². The van der Waals surface area contributed by atoms with Crippen molar-refractivity contribution in [3.63, 3.8) is 0 Å². The van der Waals surface area contributed by atoms with E-state index in [1.165, 1.54) is 12.1 Å². The van der Waals surface area contributed by atoms with Crippen LogP contribution in [-0.2, 0) is 11.2 Å². The molecule has 0 aliphatic rings. The minimum Gasteiger partial charge on any atom is -0.349 e. The van der Waals surface area contributed by atoms with Crippen LogP contribution in [0.3, 0.4) is 0 Å². The normalized spacial score (nSPS) is 11.3. The zero-order chi connectivity index (χ0) is 13.6. The van der Waals surface area contributed by atoms with E-state index in [2.05, 4.69) is 37.2 Å². The summed E-state index contributed by atoms with van der Waals surface area (Å²) in [7, 11) is 0.